The highest BCUT2D eigenvalue weighted by Gasteiger charge is 2.23. The number of nitrogens with one attached hydrogen (secondary N) is 1. The molecular weight excluding hydrogens is 220 g/mol. The minimum absolute atomic E-state index is 0.0981. The van der Waals surface area contributed by atoms with Gasteiger partial charge in [0.1, 0.15) is 0 Å². The number of hydrogen-bond acceptors (Lipinski definition) is 3. The fraction of sp³-hybridized carbons (Fsp3) is 0.500. The van der Waals surface area contributed by atoms with Crippen LogP contribution in [0, 0.1) is 6.92 Å². The Morgan fingerprint density at radius 2 is 2.56 bits per heavy atom. The Bertz CT molecular complexity index is 411. The predicted octanol–water partition coefficient (Wildman–Crippen LogP) is 2.17. The highest BCUT2D eigenvalue weighted by molar-refractivity contribution is 7.11. The number of hydrogen-bond donors (Lipinski definition) is 1. The summed E-state index contributed by atoms with van der Waals surface area (Å²) in [6.45, 7) is 6.17. The second kappa shape index (κ2) is 4.78. The fourth-order valence-corrected chi connectivity index (χ4v) is 3.19. The second-order valence-electron chi connectivity index (χ2n) is 4.08. The van der Waals surface area contributed by atoms with Crippen LogP contribution in [-0.2, 0) is 11.2 Å². The molecule has 0 saturated carbocycles. The van der Waals surface area contributed by atoms with Crippen LogP contribution in [-0.4, -0.2) is 17.4 Å². The number of rotatable bonds is 3. The van der Waals surface area contributed by atoms with Gasteiger partial charge < -0.3 is 5.32 Å². The lowest BCUT2D eigenvalue weighted by molar-refractivity contribution is -0.116. The van der Waals surface area contributed by atoms with Crippen molar-refractivity contribution in [3.05, 3.63) is 28.2 Å². The van der Waals surface area contributed by atoms with E-state index in [4.69, 9.17) is 0 Å². The zero-order valence-corrected chi connectivity index (χ0v) is 10.3. The van der Waals surface area contributed by atoms with Gasteiger partial charge in [-0.15, -0.1) is 11.3 Å². The van der Waals surface area contributed by atoms with Gasteiger partial charge in [-0.2, -0.15) is 0 Å². The minimum Gasteiger partial charge on any atom is -0.352 e. The number of fused-ring (bicyclic) bond motifs is 1. The second-order valence-corrected chi connectivity index (χ2v) is 5.37. The summed E-state index contributed by atoms with van der Waals surface area (Å²) in [4.78, 5) is 17.1. The Morgan fingerprint density at radius 1 is 1.75 bits per heavy atom. The average Bonchev–Trinajstić information content (AvgIpc) is 2.66. The molecule has 0 fully saturated rings. The molecule has 0 spiro atoms. The number of aryl methyl sites for hydroxylation is 2. The van der Waals surface area contributed by atoms with Crippen molar-refractivity contribution in [1.82, 2.24) is 10.3 Å². The molecule has 4 heteroatoms. The van der Waals surface area contributed by atoms with E-state index in [0.717, 1.165) is 17.8 Å². The first-order valence-electron chi connectivity index (χ1n) is 5.57. The SMILES string of the molecule is C=CC(=O)NC[C@H]1CCCc2sc(C)nc21. The van der Waals surface area contributed by atoms with Crippen LogP contribution in [0.1, 0.15) is 34.3 Å². The predicted molar refractivity (Wildman–Crippen MR) is 65.7 cm³/mol. The van der Waals surface area contributed by atoms with E-state index in [1.165, 1.54) is 23.1 Å². The normalized spacial score (nSPS) is 18.9. The monoisotopic (exact) mass is 236 g/mol. The van der Waals surface area contributed by atoms with Crippen LogP contribution in [0.15, 0.2) is 12.7 Å². The summed E-state index contributed by atoms with van der Waals surface area (Å²) < 4.78 is 0. The number of carbonyl (C=O) groups is 1. The van der Waals surface area contributed by atoms with Gasteiger partial charge in [-0.1, -0.05) is 6.58 Å². The van der Waals surface area contributed by atoms with E-state index in [1.807, 2.05) is 6.92 Å². The molecule has 1 atom stereocenters. The van der Waals surface area contributed by atoms with Gasteiger partial charge >= 0.3 is 0 Å². The van der Waals surface area contributed by atoms with Gasteiger partial charge in [-0.05, 0) is 32.3 Å². The first-order chi connectivity index (χ1) is 7.70. The molecule has 1 aliphatic rings. The summed E-state index contributed by atoms with van der Waals surface area (Å²) in [6.07, 6.45) is 4.78. The lowest BCUT2D eigenvalue weighted by Crippen LogP contribution is -2.28. The molecule has 16 heavy (non-hydrogen) atoms. The summed E-state index contributed by atoms with van der Waals surface area (Å²) in [6, 6.07) is 0. The molecule has 0 bridgehead atoms. The molecule has 1 aromatic heterocycles. The third-order valence-corrected chi connectivity index (χ3v) is 3.93. The van der Waals surface area contributed by atoms with Crippen molar-refractivity contribution in [3.63, 3.8) is 0 Å². The molecule has 86 valence electrons. The number of amides is 1. The molecule has 1 aromatic rings. The van der Waals surface area contributed by atoms with E-state index in [2.05, 4.69) is 16.9 Å². The number of aromatic nitrogens is 1. The summed E-state index contributed by atoms with van der Waals surface area (Å²) in [5.41, 5.74) is 1.21. The van der Waals surface area contributed by atoms with E-state index in [9.17, 15) is 4.79 Å². The van der Waals surface area contributed by atoms with Gasteiger partial charge in [0.05, 0.1) is 10.7 Å². The maximum Gasteiger partial charge on any atom is 0.243 e. The first kappa shape index (κ1) is 11.3. The average molecular weight is 236 g/mol. The van der Waals surface area contributed by atoms with Crippen molar-refractivity contribution in [2.24, 2.45) is 0 Å². The van der Waals surface area contributed by atoms with Crippen molar-refractivity contribution in [2.45, 2.75) is 32.1 Å². The maximum atomic E-state index is 11.1. The number of carbonyl (C=O) groups excluding carboxylic acids is 1. The molecule has 1 amide bonds. The lowest BCUT2D eigenvalue weighted by Gasteiger charge is -2.21. The Labute approximate surface area is 99.6 Å². The molecule has 0 radical (unpaired) electrons. The van der Waals surface area contributed by atoms with Crippen LogP contribution in [0.25, 0.3) is 0 Å². The molecule has 0 aliphatic heterocycles. The molecule has 1 heterocycles. The summed E-state index contributed by atoms with van der Waals surface area (Å²) in [7, 11) is 0. The topological polar surface area (TPSA) is 42.0 Å². The van der Waals surface area contributed by atoms with Gasteiger partial charge in [0.25, 0.3) is 0 Å². The van der Waals surface area contributed by atoms with E-state index in [1.54, 1.807) is 11.3 Å². The van der Waals surface area contributed by atoms with Crippen LogP contribution in [0.5, 0.6) is 0 Å². The standard InChI is InChI=1S/C12H16N2OS/c1-3-11(15)13-7-9-5-4-6-10-12(9)14-8(2)16-10/h3,9H,1,4-7H2,2H3,(H,13,15)/t9-/m1/s1. The molecule has 0 saturated heterocycles. The molecule has 0 unspecified atom stereocenters. The summed E-state index contributed by atoms with van der Waals surface area (Å²) in [5, 5.41) is 3.99. The van der Waals surface area contributed by atoms with Crippen molar-refractivity contribution < 1.29 is 4.79 Å². The van der Waals surface area contributed by atoms with E-state index >= 15 is 0 Å². The van der Waals surface area contributed by atoms with E-state index < -0.39 is 0 Å². The first-order valence-corrected chi connectivity index (χ1v) is 6.39. The molecule has 0 aromatic carbocycles. The Morgan fingerprint density at radius 3 is 3.31 bits per heavy atom. The molecule has 1 aliphatic carbocycles. The molecule has 2 rings (SSSR count). The smallest absolute Gasteiger partial charge is 0.243 e. The van der Waals surface area contributed by atoms with Crippen LogP contribution < -0.4 is 5.32 Å². The Balaban J connectivity index is 2.06. The molecular formula is C12H16N2OS. The van der Waals surface area contributed by atoms with Gasteiger partial charge in [0, 0.05) is 17.3 Å². The van der Waals surface area contributed by atoms with E-state index in [0.29, 0.717) is 12.5 Å². The van der Waals surface area contributed by atoms with Gasteiger partial charge in [0.2, 0.25) is 5.91 Å². The molecule has 3 nitrogen and oxygen atoms in total. The zero-order chi connectivity index (χ0) is 11.5. The molecule has 1 N–H and O–H groups in total. The van der Waals surface area contributed by atoms with Crippen molar-refractivity contribution in [3.8, 4) is 0 Å². The summed E-state index contributed by atoms with van der Waals surface area (Å²) in [5.74, 6) is 0.289. The highest BCUT2D eigenvalue weighted by Crippen LogP contribution is 2.34. The quantitative estimate of drug-likeness (QED) is 0.817. The van der Waals surface area contributed by atoms with Crippen LogP contribution in [0.3, 0.4) is 0 Å². The lowest BCUT2D eigenvalue weighted by atomic mass is 9.91. The van der Waals surface area contributed by atoms with E-state index in [-0.39, 0.29) is 5.91 Å². The third kappa shape index (κ3) is 2.32. The Kier molecular flexibility index (Phi) is 3.39. The number of thiazole rings is 1. The van der Waals surface area contributed by atoms with Gasteiger partial charge in [-0.25, -0.2) is 4.98 Å². The Hall–Kier alpha value is -1.16. The van der Waals surface area contributed by atoms with Crippen LogP contribution >= 0.6 is 11.3 Å². The highest BCUT2D eigenvalue weighted by atomic mass is 32.1. The minimum atomic E-state index is -0.0981. The van der Waals surface area contributed by atoms with Crippen LogP contribution in [0.2, 0.25) is 0 Å². The van der Waals surface area contributed by atoms with Crippen molar-refractivity contribution in [2.75, 3.05) is 6.54 Å². The third-order valence-electron chi connectivity index (χ3n) is 2.89. The maximum absolute atomic E-state index is 11.1. The zero-order valence-electron chi connectivity index (χ0n) is 9.45. The van der Waals surface area contributed by atoms with Gasteiger partial charge in [-0.3, -0.25) is 4.79 Å². The largest absolute Gasteiger partial charge is 0.352 e. The van der Waals surface area contributed by atoms with Crippen molar-refractivity contribution >= 4 is 17.2 Å². The van der Waals surface area contributed by atoms with Gasteiger partial charge in [0.15, 0.2) is 0 Å². The fourth-order valence-electron chi connectivity index (χ4n) is 2.12. The number of nitrogens with zero attached hydrogens (tertiary/aromatic N) is 1. The van der Waals surface area contributed by atoms with Crippen LogP contribution in [0.4, 0.5) is 0 Å². The van der Waals surface area contributed by atoms with Crippen molar-refractivity contribution in [1.29, 1.82) is 0 Å². The summed E-state index contributed by atoms with van der Waals surface area (Å²) >= 11 is 1.79.